The van der Waals surface area contributed by atoms with Crippen LogP contribution >= 0.6 is 0 Å². The molecule has 0 saturated carbocycles. The third kappa shape index (κ3) is 3.38. The van der Waals surface area contributed by atoms with Gasteiger partial charge in [0.05, 0.1) is 26.2 Å². The van der Waals surface area contributed by atoms with E-state index < -0.39 is 0 Å². The highest BCUT2D eigenvalue weighted by molar-refractivity contribution is 5.88. The minimum absolute atomic E-state index is 0.142. The van der Waals surface area contributed by atoms with Crippen LogP contribution < -0.4 is 5.32 Å². The number of carbonyl (C=O) groups is 2. The predicted molar refractivity (Wildman–Crippen MR) is 74.3 cm³/mol. The van der Waals surface area contributed by atoms with Crippen molar-refractivity contribution in [2.75, 3.05) is 13.7 Å². The lowest BCUT2D eigenvalue weighted by atomic mass is 10.1. The van der Waals surface area contributed by atoms with Crippen molar-refractivity contribution < 1.29 is 18.7 Å². The van der Waals surface area contributed by atoms with Crippen molar-refractivity contribution in [3.8, 4) is 0 Å². The average Bonchev–Trinajstić information content (AvgIpc) is 2.80. The summed E-state index contributed by atoms with van der Waals surface area (Å²) in [6.45, 7) is 2.27. The average molecular weight is 275 g/mol. The maximum absolute atomic E-state index is 11.8. The highest BCUT2D eigenvalue weighted by atomic mass is 16.5. The van der Waals surface area contributed by atoms with E-state index in [0.717, 1.165) is 22.1 Å². The molecule has 2 aromatic rings. The lowest BCUT2D eigenvalue weighted by Crippen LogP contribution is -2.27. The number of ether oxygens (including phenoxy) is 1. The number of furan rings is 1. The summed E-state index contributed by atoms with van der Waals surface area (Å²) in [5.74, 6) is -0.480. The number of aryl methyl sites for hydroxylation is 1. The fourth-order valence-electron chi connectivity index (χ4n) is 1.97. The van der Waals surface area contributed by atoms with Gasteiger partial charge in [0.15, 0.2) is 0 Å². The number of methoxy groups -OCH3 is 1. The Kier molecular flexibility index (Phi) is 4.40. The molecule has 20 heavy (non-hydrogen) atoms. The van der Waals surface area contributed by atoms with Crippen molar-refractivity contribution in [3.05, 3.63) is 35.6 Å². The van der Waals surface area contributed by atoms with Crippen molar-refractivity contribution >= 4 is 22.8 Å². The Labute approximate surface area is 116 Å². The molecule has 1 heterocycles. The second-order valence-electron chi connectivity index (χ2n) is 4.61. The predicted octanol–water partition coefficient (Wildman–Crippen LogP) is 1.96. The first kappa shape index (κ1) is 14.1. The lowest BCUT2D eigenvalue weighted by molar-refractivity contribution is -0.140. The molecule has 0 radical (unpaired) electrons. The molecule has 0 spiro atoms. The summed E-state index contributed by atoms with van der Waals surface area (Å²) in [6.07, 6.45) is 2.01. The summed E-state index contributed by atoms with van der Waals surface area (Å²) >= 11 is 0. The van der Waals surface area contributed by atoms with Crippen LogP contribution in [0.1, 0.15) is 17.5 Å². The first-order valence-electron chi connectivity index (χ1n) is 6.40. The molecule has 0 bridgehead atoms. The molecular formula is C15H17NO4. The molecule has 2 rings (SSSR count). The molecule has 5 heteroatoms. The summed E-state index contributed by atoms with van der Waals surface area (Å²) in [4.78, 5) is 22.7. The number of hydrogen-bond donors (Lipinski definition) is 1. The van der Waals surface area contributed by atoms with E-state index in [-0.39, 0.29) is 31.3 Å². The first-order valence-corrected chi connectivity index (χ1v) is 6.40. The molecular weight excluding hydrogens is 258 g/mol. The normalized spacial score (nSPS) is 10.5. The molecule has 0 aliphatic rings. The van der Waals surface area contributed by atoms with E-state index in [9.17, 15) is 9.59 Å². The molecule has 0 fully saturated rings. The third-order valence-corrected chi connectivity index (χ3v) is 3.04. The molecule has 1 aromatic heterocycles. The zero-order valence-corrected chi connectivity index (χ0v) is 11.6. The number of esters is 1. The smallest absolute Gasteiger partial charge is 0.307 e. The number of rotatable bonds is 5. The SMILES string of the molecule is COC(=O)CCNC(=O)Cc1coc2cc(C)ccc12. The van der Waals surface area contributed by atoms with E-state index in [1.165, 1.54) is 7.11 Å². The Morgan fingerprint density at radius 3 is 2.90 bits per heavy atom. The molecule has 0 unspecified atom stereocenters. The molecule has 0 aliphatic heterocycles. The number of nitrogens with one attached hydrogen (secondary N) is 1. The Bertz CT molecular complexity index is 630. The van der Waals surface area contributed by atoms with Gasteiger partial charge in [0.1, 0.15) is 5.58 Å². The Morgan fingerprint density at radius 2 is 2.15 bits per heavy atom. The van der Waals surface area contributed by atoms with E-state index in [2.05, 4.69) is 10.1 Å². The Hall–Kier alpha value is -2.30. The van der Waals surface area contributed by atoms with Gasteiger partial charge >= 0.3 is 5.97 Å². The Morgan fingerprint density at radius 1 is 1.35 bits per heavy atom. The van der Waals surface area contributed by atoms with Gasteiger partial charge in [-0.15, -0.1) is 0 Å². The fourth-order valence-corrected chi connectivity index (χ4v) is 1.97. The van der Waals surface area contributed by atoms with Crippen LogP contribution in [-0.4, -0.2) is 25.5 Å². The van der Waals surface area contributed by atoms with Gasteiger partial charge in [0.2, 0.25) is 5.91 Å². The van der Waals surface area contributed by atoms with Gasteiger partial charge in [-0.05, 0) is 18.6 Å². The second-order valence-corrected chi connectivity index (χ2v) is 4.61. The van der Waals surface area contributed by atoms with Crippen LogP contribution in [-0.2, 0) is 20.7 Å². The van der Waals surface area contributed by atoms with Gasteiger partial charge in [-0.2, -0.15) is 0 Å². The first-order chi connectivity index (χ1) is 9.60. The highest BCUT2D eigenvalue weighted by Crippen LogP contribution is 2.22. The van der Waals surface area contributed by atoms with Crippen LogP contribution in [0.2, 0.25) is 0 Å². The zero-order valence-electron chi connectivity index (χ0n) is 11.6. The summed E-state index contributed by atoms with van der Waals surface area (Å²) in [5, 5.41) is 3.62. The van der Waals surface area contributed by atoms with Gasteiger partial charge in [-0.25, -0.2) is 0 Å². The number of hydrogen-bond acceptors (Lipinski definition) is 4. The monoisotopic (exact) mass is 275 g/mol. The van der Waals surface area contributed by atoms with Crippen LogP contribution in [0.15, 0.2) is 28.9 Å². The second kappa shape index (κ2) is 6.23. The number of fused-ring (bicyclic) bond motifs is 1. The van der Waals surface area contributed by atoms with Crippen molar-refractivity contribution in [2.45, 2.75) is 19.8 Å². The third-order valence-electron chi connectivity index (χ3n) is 3.04. The van der Waals surface area contributed by atoms with Crippen molar-refractivity contribution in [3.63, 3.8) is 0 Å². The molecule has 1 aromatic carbocycles. The molecule has 0 atom stereocenters. The number of carbonyl (C=O) groups excluding carboxylic acids is 2. The van der Waals surface area contributed by atoms with Crippen LogP contribution in [0, 0.1) is 6.92 Å². The summed E-state index contributed by atoms with van der Waals surface area (Å²) in [7, 11) is 1.32. The van der Waals surface area contributed by atoms with Gasteiger partial charge in [-0.1, -0.05) is 12.1 Å². The molecule has 1 amide bonds. The number of benzene rings is 1. The lowest BCUT2D eigenvalue weighted by Gasteiger charge is -2.03. The minimum Gasteiger partial charge on any atom is -0.469 e. The van der Waals surface area contributed by atoms with Crippen LogP contribution in [0.3, 0.4) is 0 Å². The molecule has 1 N–H and O–H groups in total. The van der Waals surface area contributed by atoms with Gasteiger partial charge in [0, 0.05) is 17.5 Å². The zero-order chi connectivity index (χ0) is 14.5. The topological polar surface area (TPSA) is 68.5 Å². The highest BCUT2D eigenvalue weighted by Gasteiger charge is 2.10. The van der Waals surface area contributed by atoms with Crippen molar-refractivity contribution in [1.29, 1.82) is 0 Å². The van der Waals surface area contributed by atoms with Crippen molar-refractivity contribution in [2.24, 2.45) is 0 Å². The molecule has 106 valence electrons. The van der Waals surface area contributed by atoms with E-state index in [0.29, 0.717) is 0 Å². The van der Waals surface area contributed by atoms with Crippen LogP contribution in [0.25, 0.3) is 11.0 Å². The van der Waals surface area contributed by atoms with Gasteiger partial charge < -0.3 is 14.5 Å². The van der Waals surface area contributed by atoms with Crippen LogP contribution in [0.4, 0.5) is 0 Å². The Balaban J connectivity index is 1.94. The fraction of sp³-hybridized carbons (Fsp3) is 0.333. The summed E-state index contributed by atoms with van der Waals surface area (Å²) in [6, 6.07) is 5.87. The standard InChI is InChI=1S/C15H17NO4/c1-10-3-4-12-11(9-20-13(12)7-10)8-14(17)16-6-5-15(18)19-2/h3-4,7,9H,5-6,8H2,1-2H3,(H,16,17). The minimum atomic E-state index is -0.338. The number of amides is 1. The molecule has 0 aliphatic carbocycles. The van der Waals surface area contributed by atoms with Crippen LogP contribution in [0.5, 0.6) is 0 Å². The molecule has 5 nitrogen and oxygen atoms in total. The maximum atomic E-state index is 11.8. The van der Waals surface area contributed by atoms with E-state index in [4.69, 9.17) is 4.42 Å². The van der Waals surface area contributed by atoms with Crippen molar-refractivity contribution in [1.82, 2.24) is 5.32 Å². The maximum Gasteiger partial charge on any atom is 0.307 e. The summed E-state index contributed by atoms with van der Waals surface area (Å²) in [5.41, 5.74) is 2.74. The summed E-state index contributed by atoms with van der Waals surface area (Å²) < 4.78 is 9.94. The van der Waals surface area contributed by atoms with E-state index >= 15 is 0 Å². The van der Waals surface area contributed by atoms with Gasteiger partial charge in [-0.3, -0.25) is 9.59 Å². The largest absolute Gasteiger partial charge is 0.469 e. The van der Waals surface area contributed by atoms with Gasteiger partial charge in [0.25, 0.3) is 0 Å². The quantitative estimate of drug-likeness (QED) is 0.847. The molecule has 0 saturated heterocycles. The van der Waals surface area contributed by atoms with E-state index in [1.54, 1.807) is 6.26 Å². The van der Waals surface area contributed by atoms with E-state index in [1.807, 2.05) is 25.1 Å².